The Hall–Kier alpha value is -3.56. The smallest absolute Gasteiger partial charge is 0.236 e. The van der Waals surface area contributed by atoms with E-state index < -0.39 is 0 Å². The Morgan fingerprint density at radius 3 is 1.38 bits per heavy atom. The van der Waals surface area contributed by atoms with Gasteiger partial charge in [-0.1, -0.05) is 85.3 Å². The lowest BCUT2D eigenvalue weighted by molar-refractivity contribution is 0.285. The Labute approximate surface area is 306 Å². The number of halogens is 2. The van der Waals surface area contributed by atoms with Gasteiger partial charge in [-0.3, -0.25) is 0 Å². The normalized spacial score (nSPS) is 15.1. The number of ether oxygens (including phenoxy) is 4. The van der Waals surface area contributed by atoms with E-state index >= 15 is 0 Å². The molecule has 2 heterocycles. The predicted molar refractivity (Wildman–Crippen MR) is 200 cm³/mol. The van der Waals surface area contributed by atoms with Crippen molar-refractivity contribution in [1.29, 1.82) is 0 Å². The Bertz CT molecular complexity index is 1640. The van der Waals surface area contributed by atoms with E-state index in [0.717, 1.165) is 44.5 Å². The first-order chi connectivity index (χ1) is 24.3. The molecule has 2 fully saturated rings. The molecule has 0 saturated heterocycles. The molecule has 0 amide bonds. The van der Waals surface area contributed by atoms with Crippen LogP contribution in [0.4, 0.5) is 0 Å². The molecule has 4 aromatic rings. The van der Waals surface area contributed by atoms with Gasteiger partial charge >= 0.3 is 0 Å². The summed E-state index contributed by atoms with van der Waals surface area (Å²) in [6.07, 6.45) is 9.92. The molecule has 8 nitrogen and oxygen atoms in total. The molecular formula is C40H48Cl2N4O4. The van der Waals surface area contributed by atoms with E-state index in [4.69, 9.17) is 42.1 Å². The minimum atomic E-state index is 0.315. The highest BCUT2D eigenvalue weighted by atomic mass is 35.5. The molecule has 0 spiro atoms. The van der Waals surface area contributed by atoms with E-state index in [9.17, 15) is 0 Å². The third-order valence-electron chi connectivity index (χ3n) is 10.1. The van der Waals surface area contributed by atoms with Crippen molar-refractivity contribution in [1.82, 2.24) is 20.6 Å². The van der Waals surface area contributed by atoms with Crippen molar-refractivity contribution in [2.75, 3.05) is 14.2 Å². The lowest BCUT2D eigenvalue weighted by Crippen LogP contribution is -2.25. The first kappa shape index (κ1) is 36.2. The predicted octanol–water partition coefficient (Wildman–Crippen LogP) is 9.31. The minimum Gasteiger partial charge on any atom is -0.481 e. The van der Waals surface area contributed by atoms with Gasteiger partial charge in [-0.25, -0.2) is 0 Å². The van der Waals surface area contributed by atoms with Crippen LogP contribution >= 0.6 is 23.2 Å². The molecule has 50 heavy (non-hydrogen) atoms. The molecule has 2 N–H and O–H groups in total. The lowest BCUT2D eigenvalue weighted by atomic mass is 9.92. The van der Waals surface area contributed by atoms with Crippen LogP contribution in [0.1, 0.15) is 84.7 Å². The molecule has 2 aromatic carbocycles. The zero-order chi connectivity index (χ0) is 35.0. The van der Waals surface area contributed by atoms with Crippen LogP contribution in [0.3, 0.4) is 0 Å². The van der Waals surface area contributed by atoms with E-state index in [1.54, 1.807) is 14.2 Å². The van der Waals surface area contributed by atoms with Crippen molar-refractivity contribution in [2.45, 2.75) is 104 Å². The zero-order valence-electron chi connectivity index (χ0n) is 29.5. The van der Waals surface area contributed by atoms with E-state index in [-0.39, 0.29) is 0 Å². The highest BCUT2D eigenvalue weighted by Crippen LogP contribution is 2.35. The highest BCUT2D eigenvalue weighted by Gasteiger charge is 2.20. The first-order valence-corrected chi connectivity index (χ1v) is 18.5. The Morgan fingerprint density at radius 2 is 1.00 bits per heavy atom. The third-order valence-corrected chi connectivity index (χ3v) is 10.7. The molecule has 0 atom stereocenters. The molecule has 0 unspecified atom stereocenters. The van der Waals surface area contributed by atoms with Crippen LogP contribution in [0.2, 0.25) is 10.0 Å². The van der Waals surface area contributed by atoms with Crippen LogP contribution in [0, 0.1) is 13.8 Å². The molecule has 2 aromatic heterocycles. The van der Waals surface area contributed by atoms with Crippen LogP contribution in [-0.2, 0) is 26.3 Å². The second-order valence-electron chi connectivity index (χ2n) is 13.4. The van der Waals surface area contributed by atoms with Gasteiger partial charge in [0.25, 0.3) is 0 Å². The van der Waals surface area contributed by atoms with Gasteiger partial charge in [0.1, 0.15) is 23.3 Å². The zero-order valence-corrected chi connectivity index (χ0v) is 31.1. The van der Waals surface area contributed by atoms with Crippen molar-refractivity contribution < 1.29 is 18.9 Å². The van der Waals surface area contributed by atoms with Gasteiger partial charge in [0.05, 0.1) is 14.2 Å². The summed E-state index contributed by atoms with van der Waals surface area (Å²) in [5, 5.41) is 8.15. The number of aromatic nitrogens is 2. The number of pyridine rings is 2. The summed E-state index contributed by atoms with van der Waals surface area (Å²) in [5.41, 5.74) is 8.40. The van der Waals surface area contributed by atoms with Gasteiger partial charge in [0.15, 0.2) is 0 Å². The average molecular weight is 720 g/mol. The van der Waals surface area contributed by atoms with Gasteiger partial charge in [-0.15, -0.1) is 0 Å². The fourth-order valence-electron chi connectivity index (χ4n) is 7.12. The number of methoxy groups -OCH3 is 2. The molecule has 2 aliphatic rings. The molecule has 0 bridgehead atoms. The topological polar surface area (TPSA) is 86.8 Å². The Morgan fingerprint density at radius 1 is 0.600 bits per heavy atom. The standard InChI is InChI=1S/C40H48Cl2N4O4/c1-25-27(23-49-39-35(41)19-29(37(45-39)47-3)21-43-31-13-5-6-14-31)11-9-17-33(25)34-18-10-12-28(26(34)2)24-50-40-36(42)20-30(38(46-40)48-4)22-44-32-15-7-8-16-32/h9-12,17-20,31-32,43-44H,5-8,13-16,21-24H2,1-4H3. The number of hydrogen-bond acceptors (Lipinski definition) is 8. The van der Waals surface area contributed by atoms with Gasteiger partial charge in [-0.2, -0.15) is 9.97 Å². The fourth-order valence-corrected chi connectivity index (χ4v) is 7.58. The summed E-state index contributed by atoms with van der Waals surface area (Å²) in [4.78, 5) is 9.25. The monoisotopic (exact) mass is 718 g/mol. The summed E-state index contributed by atoms with van der Waals surface area (Å²) in [6.45, 7) is 6.18. The van der Waals surface area contributed by atoms with Crippen molar-refractivity contribution in [2.24, 2.45) is 0 Å². The summed E-state index contributed by atoms with van der Waals surface area (Å²) in [7, 11) is 3.25. The molecule has 2 aliphatic carbocycles. The van der Waals surface area contributed by atoms with E-state index in [0.29, 0.717) is 72.0 Å². The van der Waals surface area contributed by atoms with E-state index in [1.807, 2.05) is 12.1 Å². The highest BCUT2D eigenvalue weighted by molar-refractivity contribution is 6.32. The third kappa shape index (κ3) is 8.65. The molecular weight excluding hydrogens is 671 g/mol. The molecule has 2 saturated carbocycles. The van der Waals surface area contributed by atoms with Crippen LogP contribution in [0.25, 0.3) is 11.1 Å². The van der Waals surface area contributed by atoms with Gasteiger partial charge in [-0.05, 0) is 85.0 Å². The first-order valence-electron chi connectivity index (χ1n) is 17.7. The quantitative estimate of drug-likeness (QED) is 0.126. The van der Waals surface area contributed by atoms with Crippen molar-refractivity contribution >= 4 is 23.2 Å². The van der Waals surface area contributed by atoms with E-state index in [1.165, 1.54) is 51.4 Å². The van der Waals surface area contributed by atoms with Gasteiger partial charge in [0.2, 0.25) is 23.5 Å². The van der Waals surface area contributed by atoms with Gasteiger partial charge in [0, 0.05) is 36.3 Å². The van der Waals surface area contributed by atoms with Crippen LogP contribution in [0.15, 0.2) is 48.5 Å². The Kier molecular flexibility index (Phi) is 12.4. The number of rotatable bonds is 15. The lowest BCUT2D eigenvalue weighted by Gasteiger charge is -2.18. The second kappa shape index (κ2) is 17.1. The maximum atomic E-state index is 6.67. The second-order valence-corrected chi connectivity index (χ2v) is 14.2. The summed E-state index contributed by atoms with van der Waals surface area (Å²) < 4.78 is 23.6. The SMILES string of the molecule is COc1nc(OCc2cccc(-c3cccc(COc4nc(OC)c(CNC5CCCC5)cc4Cl)c3C)c2C)c(Cl)cc1CNC1CCCC1. The summed E-state index contributed by atoms with van der Waals surface area (Å²) >= 11 is 13.3. The van der Waals surface area contributed by atoms with Crippen LogP contribution in [-0.4, -0.2) is 36.3 Å². The van der Waals surface area contributed by atoms with Gasteiger partial charge < -0.3 is 29.6 Å². The number of nitrogens with one attached hydrogen (secondary N) is 2. The van der Waals surface area contributed by atoms with Crippen LogP contribution in [0.5, 0.6) is 23.5 Å². The maximum Gasteiger partial charge on any atom is 0.236 e. The average Bonchev–Trinajstić information content (AvgIpc) is 3.85. The number of benzene rings is 2. The fraction of sp³-hybridized carbons (Fsp3) is 0.450. The number of hydrogen-bond donors (Lipinski definition) is 2. The largest absolute Gasteiger partial charge is 0.481 e. The molecule has 0 radical (unpaired) electrons. The van der Waals surface area contributed by atoms with Crippen LogP contribution < -0.4 is 29.6 Å². The molecule has 10 heteroatoms. The Balaban J connectivity index is 1.13. The van der Waals surface area contributed by atoms with E-state index in [2.05, 4.69) is 70.8 Å². The molecule has 266 valence electrons. The molecule has 6 rings (SSSR count). The summed E-state index contributed by atoms with van der Waals surface area (Å²) in [6, 6.07) is 17.4. The maximum absolute atomic E-state index is 6.67. The molecule has 0 aliphatic heterocycles. The van der Waals surface area contributed by atoms with Crippen molar-refractivity contribution in [3.63, 3.8) is 0 Å². The van der Waals surface area contributed by atoms with Crippen molar-refractivity contribution in [3.8, 4) is 34.6 Å². The number of nitrogens with zero attached hydrogens (tertiary/aromatic N) is 2. The minimum absolute atomic E-state index is 0.315. The van der Waals surface area contributed by atoms with Crippen molar-refractivity contribution in [3.05, 3.63) is 92.0 Å². The summed E-state index contributed by atoms with van der Waals surface area (Å²) in [5.74, 6) is 1.76.